The first-order valence-electron chi connectivity index (χ1n) is 9.30. The minimum Gasteiger partial charge on any atom is -0.478 e. The second kappa shape index (κ2) is 7.80. The molecular weight excluding hydrogens is 396 g/mol. The summed E-state index contributed by atoms with van der Waals surface area (Å²) in [7, 11) is 1.76. The Morgan fingerprint density at radius 1 is 1.28 bits per heavy atom. The Morgan fingerprint density at radius 2 is 2.03 bits per heavy atom. The van der Waals surface area contributed by atoms with Gasteiger partial charge in [-0.05, 0) is 43.9 Å². The summed E-state index contributed by atoms with van der Waals surface area (Å²) in [6.07, 6.45) is 3.85. The number of rotatable bonds is 5. The van der Waals surface area contributed by atoms with Crippen LogP contribution in [-0.2, 0) is 7.05 Å². The smallest absolute Gasteiger partial charge is 0.337 e. The summed E-state index contributed by atoms with van der Waals surface area (Å²) >= 11 is 6.08. The number of aromatic nitrogens is 5. The summed E-state index contributed by atoms with van der Waals surface area (Å²) in [4.78, 5) is 20.3. The minimum absolute atomic E-state index is 0.0300. The van der Waals surface area contributed by atoms with E-state index in [2.05, 4.69) is 30.9 Å². The van der Waals surface area contributed by atoms with E-state index in [0.29, 0.717) is 28.6 Å². The van der Waals surface area contributed by atoms with Crippen LogP contribution < -0.4 is 16.4 Å². The van der Waals surface area contributed by atoms with Crippen molar-refractivity contribution in [2.24, 2.45) is 12.8 Å². The molecule has 0 bridgehead atoms. The predicted molar refractivity (Wildman–Crippen MR) is 110 cm³/mol. The molecule has 1 saturated carbocycles. The van der Waals surface area contributed by atoms with Gasteiger partial charge in [-0.1, -0.05) is 16.8 Å². The Hall–Kier alpha value is -2.98. The number of benzene rings is 1. The van der Waals surface area contributed by atoms with Gasteiger partial charge in [-0.25, -0.2) is 9.48 Å². The molecule has 29 heavy (non-hydrogen) atoms. The number of halogens is 1. The van der Waals surface area contributed by atoms with Crippen molar-refractivity contribution in [2.75, 3.05) is 10.6 Å². The SMILES string of the molecule is Cn1nnc2c(Nc3ccc(C(=O)O)c(Cl)c3)nc(NC3CCC(N)CC3)nc21. The van der Waals surface area contributed by atoms with Crippen molar-refractivity contribution < 1.29 is 9.90 Å². The molecule has 0 amide bonds. The molecule has 152 valence electrons. The summed E-state index contributed by atoms with van der Waals surface area (Å²) in [5.41, 5.74) is 7.68. The van der Waals surface area contributed by atoms with Crippen LogP contribution in [0.15, 0.2) is 18.2 Å². The minimum atomic E-state index is -1.08. The van der Waals surface area contributed by atoms with Crippen LogP contribution in [0.1, 0.15) is 36.0 Å². The van der Waals surface area contributed by atoms with Crippen LogP contribution in [0.5, 0.6) is 0 Å². The summed E-state index contributed by atoms with van der Waals surface area (Å²) in [6.45, 7) is 0. The molecule has 0 aliphatic heterocycles. The largest absolute Gasteiger partial charge is 0.478 e. The quantitative estimate of drug-likeness (QED) is 0.493. The van der Waals surface area contributed by atoms with Crippen molar-refractivity contribution in [1.29, 1.82) is 0 Å². The normalized spacial score (nSPS) is 19.3. The highest BCUT2D eigenvalue weighted by atomic mass is 35.5. The monoisotopic (exact) mass is 416 g/mol. The number of carbonyl (C=O) groups is 1. The number of anilines is 3. The fourth-order valence-corrected chi connectivity index (χ4v) is 3.68. The van der Waals surface area contributed by atoms with Gasteiger partial charge >= 0.3 is 5.97 Å². The number of nitrogens with zero attached hydrogens (tertiary/aromatic N) is 5. The number of nitrogens with two attached hydrogens (primary N) is 1. The number of carboxylic acids is 1. The van der Waals surface area contributed by atoms with Gasteiger partial charge in [-0.15, -0.1) is 5.10 Å². The van der Waals surface area contributed by atoms with E-state index in [9.17, 15) is 4.79 Å². The topological polar surface area (TPSA) is 144 Å². The van der Waals surface area contributed by atoms with Crippen LogP contribution in [0, 0.1) is 0 Å². The van der Waals surface area contributed by atoms with Crippen molar-refractivity contribution in [3.8, 4) is 0 Å². The third kappa shape index (κ3) is 4.08. The predicted octanol–water partition coefficient (Wildman–Crippen LogP) is 2.54. The Bertz CT molecular complexity index is 1060. The molecule has 5 N–H and O–H groups in total. The fraction of sp³-hybridized carbons (Fsp3) is 0.389. The number of carboxylic acid groups (broad SMARTS) is 1. The Balaban J connectivity index is 1.64. The summed E-state index contributed by atoms with van der Waals surface area (Å²) in [5.74, 6) is -0.157. The van der Waals surface area contributed by atoms with Crippen LogP contribution >= 0.6 is 11.6 Å². The zero-order chi connectivity index (χ0) is 20.5. The number of aromatic carboxylic acids is 1. The van der Waals surface area contributed by atoms with Crippen molar-refractivity contribution in [3.05, 3.63) is 28.8 Å². The van der Waals surface area contributed by atoms with E-state index in [1.165, 1.54) is 12.1 Å². The van der Waals surface area contributed by atoms with Gasteiger partial charge < -0.3 is 21.5 Å². The molecule has 0 saturated heterocycles. The highest BCUT2D eigenvalue weighted by Gasteiger charge is 2.21. The molecule has 3 aromatic rings. The first kappa shape index (κ1) is 19.3. The van der Waals surface area contributed by atoms with E-state index in [1.807, 2.05) is 0 Å². The van der Waals surface area contributed by atoms with Crippen LogP contribution in [0.4, 0.5) is 17.5 Å². The van der Waals surface area contributed by atoms with Crippen LogP contribution in [-0.4, -0.2) is 48.1 Å². The Kier molecular flexibility index (Phi) is 5.20. The molecule has 0 unspecified atom stereocenters. The van der Waals surface area contributed by atoms with E-state index in [4.69, 9.17) is 22.4 Å². The summed E-state index contributed by atoms with van der Waals surface area (Å²) in [6, 6.07) is 5.10. The van der Waals surface area contributed by atoms with Gasteiger partial charge in [0.15, 0.2) is 17.0 Å². The molecule has 2 heterocycles. The summed E-state index contributed by atoms with van der Waals surface area (Å²) in [5, 5.41) is 24.0. The lowest BCUT2D eigenvalue weighted by Crippen LogP contribution is -2.33. The van der Waals surface area contributed by atoms with Crippen molar-refractivity contribution in [3.63, 3.8) is 0 Å². The lowest BCUT2D eigenvalue weighted by atomic mass is 9.92. The maximum absolute atomic E-state index is 11.2. The molecule has 4 rings (SSSR count). The van der Waals surface area contributed by atoms with E-state index >= 15 is 0 Å². The third-order valence-electron chi connectivity index (χ3n) is 5.02. The first-order chi connectivity index (χ1) is 13.9. The number of hydrogen-bond donors (Lipinski definition) is 4. The van der Waals surface area contributed by atoms with Crippen LogP contribution in [0.2, 0.25) is 5.02 Å². The number of aryl methyl sites for hydroxylation is 1. The van der Waals surface area contributed by atoms with E-state index < -0.39 is 5.97 Å². The molecule has 0 radical (unpaired) electrons. The molecule has 1 aliphatic rings. The average Bonchev–Trinajstić information content (AvgIpc) is 3.05. The maximum atomic E-state index is 11.2. The fourth-order valence-electron chi connectivity index (χ4n) is 3.42. The van der Waals surface area contributed by atoms with Crippen LogP contribution in [0.3, 0.4) is 0 Å². The molecule has 1 fully saturated rings. The van der Waals surface area contributed by atoms with Gasteiger partial charge in [-0.2, -0.15) is 9.97 Å². The molecule has 10 nitrogen and oxygen atoms in total. The van der Waals surface area contributed by atoms with E-state index in [1.54, 1.807) is 17.8 Å². The molecule has 1 aromatic carbocycles. The number of fused-ring (bicyclic) bond motifs is 1. The van der Waals surface area contributed by atoms with Gasteiger partial charge in [0.2, 0.25) is 5.95 Å². The lowest BCUT2D eigenvalue weighted by molar-refractivity contribution is 0.0697. The van der Waals surface area contributed by atoms with Crippen molar-refractivity contribution in [2.45, 2.75) is 37.8 Å². The number of hydrogen-bond acceptors (Lipinski definition) is 8. The van der Waals surface area contributed by atoms with E-state index in [0.717, 1.165) is 25.7 Å². The van der Waals surface area contributed by atoms with Gasteiger partial charge in [0.25, 0.3) is 0 Å². The maximum Gasteiger partial charge on any atom is 0.337 e. The highest BCUT2D eigenvalue weighted by Crippen LogP contribution is 2.27. The van der Waals surface area contributed by atoms with Crippen LogP contribution in [0.25, 0.3) is 11.2 Å². The second-order valence-corrected chi connectivity index (χ2v) is 7.57. The average molecular weight is 417 g/mol. The Labute approximate surface area is 171 Å². The van der Waals surface area contributed by atoms with Gasteiger partial charge in [0, 0.05) is 24.8 Å². The third-order valence-corrected chi connectivity index (χ3v) is 5.33. The van der Waals surface area contributed by atoms with Crippen molar-refractivity contribution >= 4 is 46.2 Å². The second-order valence-electron chi connectivity index (χ2n) is 7.16. The molecule has 11 heteroatoms. The first-order valence-corrected chi connectivity index (χ1v) is 9.68. The molecule has 0 atom stereocenters. The molecule has 0 spiro atoms. The molecular formula is C18H21ClN8O2. The standard InChI is InChI=1S/C18H21ClN8O2/c1-27-16-14(25-26-27)15(21-11-6-7-12(17(28)29)13(19)8-11)23-18(24-16)22-10-4-2-9(20)3-5-10/h6-10H,2-5,20H2,1H3,(H,28,29)(H2,21,22,23,24). The Morgan fingerprint density at radius 3 is 2.72 bits per heavy atom. The van der Waals surface area contributed by atoms with Gasteiger partial charge in [0.05, 0.1) is 10.6 Å². The number of nitrogens with one attached hydrogen (secondary N) is 2. The zero-order valence-electron chi connectivity index (χ0n) is 15.8. The highest BCUT2D eigenvalue weighted by molar-refractivity contribution is 6.33. The zero-order valence-corrected chi connectivity index (χ0v) is 16.5. The molecule has 2 aromatic heterocycles. The summed E-state index contributed by atoms with van der Waals surface area (Å²) < 4.78 is 1.57. The van der Waals surface area contributed by atoms with E-state index in [-0.39, 0.29) is 22.7 Å². The van der Waals surface area contributed by atoms with Gasteiger partial charge in [0.1, 0.15) is 0 Å². The van der Waals surface area contributed by atoms with Gasteiger partial charge in [-0.3, -0.25) is 0 Å². The van der Waals surface area contributed by atoms with Crippen molar-refractivity contribution in [1.82, 2.24) is 25.0 Å². The lowest BCUT2D eigenvalue weighted by Gasteiger charge is -2.26. The molecule has 1 aliphatic carbocycles.